The molecule has 2 aromatic heterocycles. The van der Waals surface area contributed by atoms with Crippen molar-refractivity contribution >= 4 is 16.9 Å². The molecule has 1 amide bonds. The maximum absolute atomic E-state index is 11.6. The Balaban J connectivity index is 2.31. The topological polar surface area (TPSA) is 78.0 Å². The van der Waals surface area contributed by atoms with Crippen LogP contribution in [0.5, 0.6) is 0 Å². The third-order valence-corrected chi connectivity index (χ3v) is 2.09. The molecule has 5 nitrogen and oxygen atoms in total. The van der Waals surface area contributed by atoms with E-state index in [9.17, 15) is 4.79 Å². The number of H-pyrrole nitrogens is 1. The zero-order valence-corrected chi connectivity index (χ0v) is 8.03. The molecule has 0 aromatic carbocycles. The van der Waals surface area contributed by atoms with Crippen molar-refractivity contribution in [1.82, 2.24) is 15.3 Å². The molecule has 0 spiro atoms. The largest absolute Gasteiger partial charge is 0.395 e. The number of hydrogen-bond donors (Lipinski definition) is 3. The van der Waals surface area contributed by atoms with E-state index in [1.807, 2.05) is 6.07 Å². The van der Waals surface area contributed by atoms with E-state index in [2.05, 4.69) is 15.3 Å². The van der Waals surface area contributed by atoms with E-state index in [0.29, 0.717) is 11.2 Å². The summed E-state index contributed by atoms with van der Waals surface area (Å²) in [4.78, 5) is 18.6. The predicted molar refractivity (Wildman–Crippen MR) is 55.5 cm³/mol. The van der Waals surface area contributed by atoms with Gasteiger partial charge in [0.15, 0.2) is 0 Å². The summed E-state index contributed by atoms with van der Waals surface area (Å²) >= 11 is 0. The summed E-state index contributed by atoms with van der Waals surface area (Å²) in [5, 5.41) is 12.0. The summed E-state index contributed by atoms with van der Waals surface area (Å²) in [6.07, 6.45) is 3.28. The standard InChI is InChI=1S/C10H11N3O2/c14-5-4-12-10(15)8-6-13-9-7(8)2-1-3-11-9/h1-3,6,14H,4-5H2,(H,11,13)(H,12,15). The molecule has 0 aliphatic rings. The number of carbonyl (C=O) groups excluding carboxylic acids is 1. The number of nitrogens with zero attached hydrogens (tertiary/aromatic N) is 1. The first-order valence-corrected chi connectivity index (χ1v) is 4.64. The minimum Gasteiger partial charge on any atom is -0.395 e. The molecule has 0 aliphatic heterocycles. The Hall–Kier alpha value is -1.88. The Labute approximate surface area is 86.1 Å². The van der Waals surface area contributed by atoms with Gasteiger partial charge in [-0.1, -0.05) is 0 Å². The summed E-state index contributed by atoms with van der Waals surface area (Å²) in [6.45, 7) is 0.193. The van der Waals surface area contributed by atoms with Crippen LogP contribution in [0.4, 0.5) is 0 Å². The highest BCUT2D eigenvalue weighted by Crippen LogP contribution is 2.14. The summed E-state index contributed by atoms with van der Waals surface area (Å²) < 4.78 is 0. The van der Waals surface area contributed by atoms with Gasteiger partial charge in [0.2, 0.25) is 0 Å². The van der Waals surface area contributed by atoms with Gasteiger partial charge in [-0.05, 0) is 12.1 Å². The van der Waals surface area contributed by atoms with Crippen LogP contribution in [0.1, 0.15) is 10.4 Å². The number of fused-ring (bicyclic) bond motifs is 1. The lowest BCUT2D eigenvalue weighted by Gasteiger charge is -2.00. The monoisotopic (exact) mass is 205 g/mol. The van der Waals surface area contributed by atoms with Gasteiger partial charge in [0.05, 0.1) is 12.2 Å². The smallest absolute Gasteiger partial charge is 0.253 e. The van der Waals surface area contributed by atoms with Crippen LogP contribution >= 0.6 is 0 Å². The van der Waals surface area contributed by atoms with E-state index in [-0.39, 0.29) is 19.1 Å². The molecule has 2 heterocycles. The van der Waals surface area contributed by atoms with Gasteiger partial charge in [0, 0.05) is 24.3 Å². The molecule has 0 radical (unpaired) electrons. The van der Waals surface area contributed by atoms with Gasteiger partial charge in [-0.15, -0.1) is 0 Å². The predicted octanol–water partition coefficient (Wildman–Crippen LogP) is 0.285. The van der Waals surface area contributed by atoms with Gasteiger partial charge in [-0.2, -0.15) is 0 Å². The number of aromatic nitrogens is 2. The number of aliphatic hydroxyl groups excluding tert-OH is 1. The maximum Gasteiger partial charge on any atom is 0.253 e. The van der Waals surface area contributed by atoms with Crippen LogP contribution < -0.4 is 5.32 Å². The summed E-state index contributed by atoms with van der Waals surface area (Å²) in [5.41, 5.74) is 1.23. The van der Waals surface area contributed by atoms with E-state index >= 15 is 0 Å². The summed E-state index contributed by atoms with van der Waals surface area (Å²) in [5.74, 6) is -0.205. The third-order valence-electron chi connectivity index (χ3n) is 2.09. The van der Waals surface area contributed by atoms with Crippen molar-refractivity contribution in [1.29, 1.82) is 0 Å². The van der Waals surface area contributed by atoms with Crippen LogP contribution in [-0.2, 0) is 0 Å². The summed E-state index contributed by atoms with van der Waals surface area (Å²) in [6, 6.07) is 3.60. The Morgan fingerprint density at radius 3 is 3.27 bits per heavy atom. The number of aromatic amines is 1. The highest BCUT2D eigenvalue weighted by Gasteiger charge is 2.10. The van der Waals surface area contributed by atoms with Crippen molar-refractivity contribution in [3.8, 4) is 0 Å². The van der Waals surface area contributed by atoms with Gasteiger partial charge in [-0.25, -0.2) is 4.98 Å². The van der Waals surface area contributed by atoms with Gasteiger partial charge < -0.3 is 15.4 Å². The van der Waals surface area contributed by atoms with E-state index in [4.69, 9.17) is 5.11 Å². The first kappa shape index (κ1) is 9.67. The third kappa shape index (κ3) is 1.82. The lowest BCUT2D eigenvalue weighted by molar-refractivity contribution is 0.0946. The van der Waals surface area contributed by atoms with Gasteiger partial charge in [0.1, 0.15) is 5.65 Å². The van der Waals surface area contributed by atoms with Crippen LogP contribution in [0.15, 0.2) is 24.5 Å². The highest BCUT2D eigenvalue weighted by atomic mass is 16.3. The number of aliphatic hydroxyl groups is 1. The molecule has 78 valence electrons. The van der Waals surface area contributed by atoms with Crippen molar-refractivity contribution in [2.45, 2.75) is 0 Å². The molecular weight excluding hydrogens is 194 g/mol. The van der Waals surface area contributed by atoms with Crippen molar-refractivity contribution in [3.05, 3.63) is 30.1 Å². The van der Waals surface area contributed by atoms with Crippen LogP contribution in [0.25, 0.3) is 11.0 Å². The van der Waals surface area contributed by atoms with E-state index in [1.54, 1.807) is 18.5 Å². The second-order valence-electron chi connectivity index (χ2n) is 3.08. The summed E-state index contributed by atoms with van der Waals surface area (Å²) in [7, 11) is 0. The van der Waals surface area contributed by atoms with Crippen LogP contribution in [0.3, 0.4) is 0 Å². The fourth-order valence-corrected chi connectivity index (χ4v) is 1.41. The van der Waals surface area contributed by atoms with E-state index in [0.717, 1.165) is 5.39 Å². The molecular formula is C10H11N3O2. The average molecular weight is 205 g/mol. The minimum absolute atomic E-state index is 0.0631. The number of amides is 1. The van der Waals surface area contributed by atoms with Crippen molar-refractivity contribution < 1.29 is 9.90 Å². The van der Waals surface area contributed by atoms with Gasteiger partial charge in [-0.3, -0.25) is 4.79 Å². The molecule has 0 saturated heterocycles. The van der Waals surface area contributed by atoms with E-state index in [1.165, 1.54) is 0 Å². The quantitative estimate of drug-likeness (QED) is 0.673. The number of rotatable bonds is 3. The second kappa shape index (κ2) is 4.10. The van der Waals surface area contributed by atoms with E-state index < -0.39 is 0 Å². The normalized spacial score (nSPS) is 10.5. The number of carbonyl (C=O) groups is 1. The first-order chi connectivity index (χ1) is 7.33. The number of pyridine rings is 1. The minimum atomic E-state index is -0.205. The molecule has 0 fully saturated rings. The van der Waals surface area contributed by atoms with Gasteiger partial charge in [0.25, 0.3) is 5.91 Å². The van der Waals surface area contributed by atoms with Crippen molar-refractivity contribution in [3.63, 3.8) is 0 Å². The zero-order chi connectivity index (χ0) is 10.7. The van der Waals surface area contributed by atoms with Crippen LogP contribution in [0.2, 0.25) is 0 Å². The first-order valence-electron chi connectivity index (χ1n) is 4.64. The molecule has 15 heavy (non-hydrogen) atoms. The molecule has 0 aliphatic carbocycles. The molecule has 0 saturated carbocycles. The lowest BCUT2D eigenvalue weighted by atomic mass is 10.2. The molecule has 0 bridgehead atoms. The molecule has 0 atom stereocenters. The fraction of sp³-hybridized carbons (Fsp3) is 0.200. The Morgan fingerprint density at radius 2 is 2.47 bits per heavy atom. The van der Waals surface area contributed by atoms with Crippen molar-refractivity contribution in [2.75, 3.05) is 13.2 Å². The maximum atomic E-state index is 11.6. The van der Waals surface area contributed by atoms with Gasteiger partial charge >= 0.3 is 0 Å². The lowest BCUT2D eigenvalue weighted by Crippen LogP contribution is -2.26. The van der Waals surface area contributed by atoms with Crippen LogP contribution in [0, 0.1) is 0 Å². The second-order valence-corrected chi connectivity index (χ2v) is 3.08. The molecule has 5 heteroatoms. The Bertz CT molecular complexity index is 478. The average Bonchev–Trinajstić information content (AvgIpc) is 2.69. The molecule has 2 aromatic rings. The van der Waals surface area contributed by atoms with Crippen molar-refractivity contribution in [2.24, 2.45) is 0 Å². The highest BCUT2D eigenvalue weighted by molar-refractivity contribution is 6.05. The molecule has 0 unspecified atom stereocenters. The Kier molecular flexibility index (Phi) is 2.64. The SMILES string of the molecule is O=C(NCCO)c1c[nH]c2ncccc12. The fourth-order valence-electron chi connectivity index (χ4n) is 1.41. The number of nitrogens with one attached hydrogen (secondary N) is 2. The number of hydrogen-bond acceptors (Lipinski definition) is 3. The molecule has 2 rings (SSSR count). The van der Waals surface area contributed by atoms with Crippen LogP contribution in [-0.4, -0.2) is 34.1 Å². The zero-order valence-electron chi connectivity index (χ0n) is 8.03. The molecule has 3 N–H and O–H groups in total. The Morgan fingerprint density at radius 1 is 1.60 bits per heavy atom.